The quantitative estimate of drug-likeness (QED) is 0.810. The Morgan fingerprint density at radius 1 is 1.53 bits per heavy atom. The van der Waals surface area contributed by atoms with E-state index in [0.29, 0.717) is 5.02 Å². The van der Waals surface area contributed by atoms with Crippen LogP contribution in [0.25, 0.3) is 0 Å². The molecule has 0 spiro atoms. The van der Waals surface area contributed by atoms with E-state index >= 15 is 0 Å². The fraction of sp³-hybridized carbons (Fsp3) is 0.364. The first-order valence-electron chi connectivity index (χ1n) is 4.88. The first kappa shape index (κ1) is 10.5. The van der Waals surface area contributed by atoms with Gasteiger partial charge >= 0.3 is 0 Å². The van der Waals surface area contributed by atoms with E-state index in [2.05, 4.69) is 5.32 Å². The minimum atomic E-state index is -0.262. The fourth-order valence-electron chi connectivity index (χ4n) is 1.65. The van der Waals surface area contributed by atoms with Crippen LogP contribution in [0.1, 0.15) is 25.3 Å². The van der Waals surface area contributed by atoms with Gasteiger partial charge in [-0.1, -0.05) is 17.7 Å². The highest BCUT2D eigenvalue weighted by molar-refractivity contribution is 6.31. The van der Waals surface area contributed by atoms with Crippen molar-refractivity contribution in [3.05, 3.63) is 28.8 Å². The summed E-state index contributed by atoms with van der Waals surface area (Å²) in [7, 11) is 0. The first-order valence-corrected chi connectivity index (χ1v) is 5.25. The molecule has 3 nitrogen and oxygen atoms in total. The summed E-state index contributed by atoms with van der Waals surface area (Å²) in [5.74, 6) is -0.109. The Morgan fingerprint density at radius 2 is 2.20 bits per heavy atom. The molecule has 1 amide bonds. The second-order valence-electron chi connectivity index (χ2n) is 4.03. The van der Waals surface area contributed by atoms with Crippen molar-refractivity contribution in [3.63, 3.8) is 0 Å². The molecule has 1 saturated carbocycles. The van der Waals surface area contributed by atoms with Gasteiger partial charge in [0.05, 0.1) is 0 Å². The standard InChI is InChI=1S/C11H13ClN2O/c1-7(15)14-10-6-8(12)2-3-9(10)11(13)4-5-11/h2-3,6H,4-5,13H2,1H3,(H,14,15). The second-order valence-corrected chi connectivity index (χ2v) is 4.46. The monoisotopic (exact) mass is 224 g/mol. The van der Waals surface area contributed by atoms with Crippen LogP contribution < -0.4 is 11.1 Å². The van der Waals surface area contributed by atoms with Gasteiger partial charge in [0, 0.05) is 23.2 Å². The van der Waals surface area contributed by atoms with E-state index in [-0.39, 0.29) is 11.4 Å². The zero-order valence-corrected chi connectivity index (χ0v) is 9.27. The summed E-state index contributed by atoms with van der Waals surface area (Å²) in [5.41, 5.74) is 7.54. The highest BCUT2D eigenvalue weighted by atomic mass is 35.5. The molecular formula is C11H13ClN2O. The predicted octanol–water partition coefficient (Wildman–Crippen LogP) is 2.25. The molecule has 1 aliphatic carbocycles. The van der Waals surface area contributed by atoms with Gasteiger partial charge in [0.25, 0.3) is 0 Å². The highest BCUT2D eigenvalue weighted by Gasteiger charge is 2.41. The molecule has 0 heterocycles. The van der Waals surface area contributed by atoms with Crippen LogP contribution >= 0.6 is 11.6 Å². The number of anilines is 1. The zero-order valence-electron chi connectivity index (χ0n) is 8.51. The van der Waals surface area contributed by atoms with Crippen LogP contribution in [-0.4, -0.2) is 5.91 Å². The first-order chi connectivity index (χ1) is 7.01. The average Bonchev–Trinajstić information content (AvgIpc) is 2.83. The second kappa shape index (κ2) is 3.51. The Hall–Kier alpha value is -1.06. The van der Waals surface area contributed by atoms with Crippen LogP contribution in [0.3, 0.4) is 0 Å². The van der Waals surface area contributed by atoms with E-state index in [9.17, 15) is 4.79 Å². The fourth-order valence-corrected chi connectivity index (χ4v) is 1.82. The molecule has 0 atom stereocenters. The van der Waals surface area contributed by atoms with Crippen molar-refractivity contribution in [2.24, 2.45) is 5.73 Å². The topological polar surface area (TPSA) is 55.1 Å². The molecule has 0 saturated heterocycles. The summed E-state index contributed by atoms with van der Waals surface area (Å²) in [6.45, 7) is 1.47. The number of amides is 1. The van der Waals surface area contributed by atoms with Crippen molar-refractivity contribution >= 4 is 23.2 Å². The molecule has 4 heteroatoms. The molecule has 0 bridgehead atoms. The lowest BCUT2D eigenvalue weighted by atomic mass is 10.0. The van der Waals surface area contributed by atoms with E-state index in [1.54, 1.807) is 12.1 Å². The Kier molecular flexibility index (Phi) is 2.44. The van der Waals surface area contributed by atoms with E-state index in [1.807, 2.05) is 6.07 Å². The molecule has 80 valence electrons. The number of nitrogens with one attached hydrogen (secondary N) is 1. The molecule has 0 radical (unpaired) electrons. The Morgan fingerprint density at radius 3 is 2.73 bits per heavy atom. The number of benzene rings is 1. The molecule has 2 rings (SSSR count). The summed E-state index contributed by atoms with van der Waals surface area (Å²) in [6, 6.07) is 5.43. The molecule has 1 aromatic rings. The normalized spacial score (nSPS) is 17.3. The predicted molar refractivity (Wildman–Crippen MR) is 60.9 cm³/mol. The van der Waals surface area contributed by atoms with Gasteiger partial charge in [0.2, 0.25) is 5.91 Å². The SMILES string of the molecule is CC(=O)Nc1cc(Cl)ccc1C1(N)CC1. The third-order valence-corrected chi connectivity index (χ3v) is 2.85. The molecule has 1 fully saturated rings. The van der Waals surface area contributed by atoms with Crippen molar-refractivity contribution in [2.45, 2.75) is 25.3 Å². The van der Waals surface area contributed by atoms with Crippen LogP contribution in [0, 0.1) is 0 Å². The van der Waals surface area contributed by atoms with Crippen LogP contribution in [0.5, 0.6) is 0 Å². The molecule has 0 aromatic heterocycles. The minimum absolute atomic E-state index is 0.109. The average molecular weight is 225 g/mol. The molecule has 3 N–H and O–H groups in total. The maximum atomic E-state index is 11.0. The van der Waals surface area contributed by atoms with Gasteiger partial charge in [-0.2, -0.15) is 0 Å². The van der Waals surface area contributed by atoms with Gasteiger partial charge in [-0.15, -0.1) is 0 Å². The Balaban J connectivity index is 2.40. The highest BCUT2D eigenvalue weighted by Crippen LogP contribution is 2.46. The maximum Gasteiger partial charge on any atom is 0.221 e. The smallest absolute Gasteiger partial charge is 0.221 e. The summed E-state index contributed by atoms with van der Waals surface area (Å²) < 4.78 is 0. The van der Waals surface area contributed by atoms with Gasteiger partial charge in [-0.25, -0.2) is 0 Å². The molecule has 0 aliphatic heterocycles. The largest absolute Gasteiger partial charge is 0.326 e. The molecule has 0 unspecified atom stereocenters. The number of carbonyl (C=O) groups excluding carboxylic acids is 1. The minimum Gasteiger partial charge on any atom is -0.326 e. The number of hydrogen-bond donors (Lipinski definition) is 2. The summed E-state index contributed by atoms with van der Waals surface area (Å²) in [6.07, 6.45) is 1.92. The van der Waals surface area contributed by atoms with Crippen molar-refractivity contribution in [1.29, 1.82) is 0 Å². The summed E-state index contributed by atoms with van der Waals surface area (Å²) in [5, 5.41) is 3.36. The molecule has 1 aromatic carbocycles. The number of rotatable bonds is 2. The Bertz CT molecular complexity index is 413. The van der Waals surface area contributed by atoms with Gasteiger partial charge < -0.3 is 11.1 Å². The lowest BCUT2D eigenvalue weighted by Gasteiger charge is -2.15. The number of halogens is 1. The van der Waals surface area contributed by atoms with Crippen LogP contribution in [0.2, 0.25) is 5.02 Å². The third-order valence-electron chi connectivity index (χ3n) is 2.62. The zero-order chi connectivity index (χ0) is 11.1. The van der Waals surface area contributed by atoms with Crippen molar-refractivity contribution in [1.82, 2.24) is 0 Å². The van der Waals surface area contributed by atoms with Crippen molar-refractivity contribution in [3.8, 4) is 0 Å². The number of hydrogen-bond acceptors (Lipinski definition) is 2. The number of nitrogens with two attached hydrogens (primary N) is 1. The van der Waals surface area contributed by atoms with Crippen molar-refractivity contribution in [2.75, 3.05) is 5.32 Å². The van der Waals surface area contributed by atoms with E-state index in [1.165, 1.54) is 6.92 Å². The van der Waals surface area contributed by atoms with Crippen LogP contribution in [0.4, 0.5) is 5.69 Å². The van der Waals surface area contributed by atoms with Crippen LogP contribution in [-0.2, 0) is 10.3 Å². The Labute approximate surface area is 93.6 Å². The van der Waals surface area contributed by atoms with Gasteiger partial charge in [0.15, 0.2) is 0 Å². The van der Waals surface area contributed by atoms with Crippen molar-refractivity contribution < 1.29 is 4.79 Å². The lowest BCUT2D eigenvalue weighted by molar-refractivity contribution is -0.114. The maximum absolute atomic E-state index is 11.0. The third kappa shape index (κ3) is 2.13. The van der Waals surface area contributed by atoms with Gasteiger partial charge in [-0.3, -0.25) is 4.79 Å². The van der Waals surface area contributed by atoms with Gasteiger partial charge in [0.1, 0.15) is 0 Å². The molecule has 15 heavy (non-hydrogen) atoms. The molecular weight excluding hydrogens is 212 g/mol. The summed E-state index contributed by atoms with van der Waals surface area (Å²) >= 11 is 5.88. The van der Waals surface area contributed by atoms with E-state index in [4.69, 9.17) is 17.3 Å². The summed E-state index contributed by atoms with van der Waals surface area (Å²) in [4.78, 5) is 11.0. The number of carbonyl (C=O) groups is 1. The molecule has 1 aliphatic rings. The lowest BCUT2D eigenvalue weighted by Crippen LogP contribution is -2.21. The van der Waals surface area contributed by atoms with E-state index < -0.39 is 0 Å². The van der Waals surface area contributed by atoms with E-state index in [0.717, 1.165) is 24.1 Å². The van der Waals surface area contributed by atoms with Gasteiger partial charge in [-0.05, 0) is 30.5 Å². The van der Waals surface area contributed by atoms with Crippen LogP contribution in [0.15, 0.2) is 18.2 Å².